The van der Waals surface area contributed by atoms with E-state index in [4.69, 9.17) is 16.3 Å². The van der Waals surface area contributed by atoms with Gasteiger partial charge in [0.05, 0.1) is 5.38 Å². The highest BCUT2D eigenvalue weighted by molar-refractivity contribution is 6.22. The van der Waals surface area contributed by atoms with Crippen LogP contribution < -0.4 is 0 Å². The fraction of sp³-hybridized carbons (Fsp3) is 0.529. The first-order valence-corrected chi connectivity index (χ1v) is 7.86. The molecule has 0 aromatic heterocycles. The summed E-state index contributed by atoms with van der Waals surface area (Å²) in [6, 6.07) is 10.9. The molecule has 1 aromatic carbocycles. The van der Waals surface area contributed by atoms with Gasteiger partial charge in [-0.05, 0) is 31.9 Å². The van der Waals surface area contributed by atoms with Crippen molar-refractivity contribution in [2.75, 3.05) is 7.05 Å². The number of halogens is 1. The maximum Gasteiger partial charge on any atom is 0.146 e. The molecule has 1 aromatic rings. The summed E-state index contributed by atoms with van der Waals surface area (Å²) in [6.07, 6.45) is 5.81. The standard InChI is InChI=1S/C17H20ClNO/c1-11-15(12-6-4-3-5-7-12)20-17(19(11)2)14-9-8-13(10-14)16(17)18/h3-9,11,13-16H,10H2,1-2H3/t11-,13+,14-,15-,16+,17-/m0/s1. The molecule has 0 N–H and O–H groups in total. The Balaban J connectivity index is 1.73. The number of benzene rings is 1. The lowest BCUT2D eigenvalue weighted by molar-refractivity contribution is -0.113. The van der Waals surface area contributed by atoms with Gasteiger partial charge in [0.25, 0.3) is 0 Å². The third kappa shape index (κ3) is 1.47. The van der Waals surface area contributed by atoms with Gasteiger partial charge in [0.2, 0.25) is 0 Å². The van der Waals surface area contributed by atoms with Crippen LogP contribution in [0.25, 0.3) is 0 Å². The molecule has 0 unspecified atom stereocenters. The highest BCUT2D eigenvalue weighted by Crippen LogP contribution is 2.58. The van der Waals surface area contributed by atoms with Gasteiger partial charge in [-0.25, -0.2) is 0 Å². The second kappa shape index (κ2) is 4.33. The van der Waals surface area contributed by atoms with Crippen LogP contribution in [0.4, 0.5) is 0 Å². The van der Waals surface area contributed by atoms with Crippen LogP contribution in [0.1, 0.15) is 25.0 Å². The molecule has 3 aliphatic rings. The molecule has 1 saturated heterocycles. The van der Waals surface area contributed by atoms with Crippen LogP contribution in [0.3, 0.4) is 0 Å². The maximum atomic E-state index is 6.77. The summed E-state index contributed by atoms with van der Waals surface area (Å²) < 4.78 is 6.61. The molecule has 1 heterocycles. The Labute approximate surface area is 125 Å². The lowest BCUT2D eigenvalue weighted by Gasteiger charge is -2.40. The number of rotatable bonds is 1. The van der Waals surface area contributed by atoms with Crippen molar-refractivity contribution in [3.8, 4) is 0 Å². The number of allylic oxidation sites excluding steroid dienone is 1. The first-order chi connectivity index (χ1) is 9.64. The lowest BCUT2D eigenvalue weighted by Crippen LogP contribution is -2.54. The molecule has 4 rings (SSSR count). The zero-order valence-electron chi connectivity index (χ0n) is 11.9. The van der Waals surface area contributed by atoms with Crippen molar-refractivity contribution in [1.29, 1.82) is 0 Å². The minimum absolute atomic E-state index is 0.0543. The van der Waals surface area contributed by atoms with Crippen molar-refractivity contribution < 1.29 is 4.74 Å². The van der Waals surface area contributed by atoms with Crippen LogP contribution in [0.5, 0.6) is 0 Å². The molecule has 106 valence electrons. The van der Waals surface area contributed by atoms with E-state index < -0.39 is 0 Å². The highest BCUT2D eigenvalue weighted by atomic mass is 35.5. The van der Waals surface area contributed by atoms with E-state index in [1.165, 1.54) is 5.56 Å². The molecule has 0 amide bonds. The van der Waals surface area contributed by atoms with E-state index in [1.54, 1.807) is 0 Å². The van der Waals surface area contributed by atoms with Gasteiger partial charge in [-0.3, -0.25) is 4.90 Å². The number of fused-ring (bicyclic) bond motifs is 3. The second-order valence-electron chi connectivity index (χ2n) is 6.35. The Morgan fingerprint density at radius 2 is 2.00 bits per heavy atom. The predicted molar refractivity (Wildman–Crippen MR) is 80.6 cm³/mol. The number of nitrogens with zero attached hydrogens (tertiary/aromatic N) is 1. The largest absolute Gasteiger partial charge is 0.349 e. The van der Waals surface area contributed by atoms with Crippen LogP contribution in [-0.2, 0) is 4.74 Å². The summed E-state index contributed by atoms with van der Waals surface area (Å²) in [5.74, 6) is 0.891. The van der Waals surface area contributed by atoms with E-state index >= 15 is 0 Å². The van der Waals surface area contributed by atoms with E-state index in [2.05, 4.69) is 55.3 Å². The van der Waals surface area contributed by atoms with Crippen molar-refractivity contribution in [3.63, 3.8) is 0 Å². The van der Waals surface area contributed by atoms with Crippen LogP contribution in [0.2, 0.25) is 0 Å². The molecule has 20 heavy (non-hydrogen) atoms. The molecule has 2 bridgehead atoms. The van der Waals surface area contributed by atoms with Crippen molar-refractivity contribution >= 4 is 11.6 Å². The van der Waals surface area contributed by atoms with Gasteiger partial charge in [-0.1, -0.05) is 42.5 Å². The molecule has 1 spiro atoms. The summed E-state index contributed by atoms with van der Waals surface area (Å²) >= 11 is 6.77. The molecule has 1 saturated carbocycles. The van der Waals surface area contributed by atoms with E-state index in [1.807, 2.05) is 6.07 Å². The van der Waals surface area contributed by atoms with Crippen LogP contribution >= 0.6 is 11.6 Å². The van der Waals surface area contributed by atoms with E-state index in [9.17, 15) is 0 Å². The monoisotopic (exact) mass is 289 g/mol. The maximum absolute atomic E-state index is 6.77. The van der Waals surface area contributed by atoms with Gasteiger partial charge in [0.15, 0.2) is 0 Å². The zero-order chi connectivity index (χ0) is 13.9. The molecule has 6 atom stereocenters. The number of ether oxygens (including phenoxy) is 1. The molecule has 0 radical (unpaired) electrons. The van der Waals surface area contributed by atoms with Gasteiger partial charge >= 0.3 is 0 Å². The fourth-order valence-electron chi connectivity index (χ4n) is 4.27. The molecule has 1 aliphatic heterocycles. The van der Waals surface area contributed by atoms with E-state index in [-0.39, 0.29) is 17.2 Å². The Kier molecular flexibility index (Phi) is 2.79. The summed E-state index contributed by atoms with van der Waals surface area (Å²) in [5, 5.41) is 0.0543. The zero-order valence-corrected chi connectivity index (χ0v) is 12.6. The number of hydrogen-bond acceptors (Lipinski definition) is 2. The molecule has 3 heteroatoms. The Hall–Kier alpha value is -0.830. The number of likely N-dealkylation sites (N-methyl/N-ethyl adjacent to an activating group) is 1. The van der Waals surface area contributed by atoms with Crippen molar-refractivity contribution in [2.24, 2.45) is 11.8 Å². The molecule has 2 fully saturated rings. The minimum Gasteiger partial charge on any atom is -0.349 e. The van der Waals surface area contributed by atoms with Crippen molar-refractivity contribution in [1.82, 2.24) is 4.90 Å². The van der Waals surface area contributed by atoms with Gasteiger partial charge in [-0.15, -0.1) is 11.6 Å². The number of alkyl halides is 1. The average Bonchev–Trinajstić information content (AvgIpc) is 3.12. The predicted octanol–water partition coefficient (Wildman–Crippen LogP) is 3.59. The molecule has 2 aliphatic carbocycles. The normalized spacial score (nSPS) is 46.6. The Morgan fingerprint density at radius 1 is 1.25 bits per heavy atom. The lowest BCUT2D eigenvalue weighted by atomic mass is 9.95. The molecule has 2 nitrogen and oxygen atoms in total. The van der Waals surface area contributed by atoms with Gasteiger partial charge in [0, 0.05) is 12.0 Å². The van der Waals surface area contributed by atoms with Gasteiger partial charge in [-0.2, -0.15) is 0 Å². The van der Waals surface area contributed by atoms with E-state index in [0.717, 1.165) is 6.42 Å². The van der Waals surface area contributed by atoms with Gasteiger partial charge in [0.1, 0.15) is 11.8 Å². The molecular formula is C17H20ClNO. The number of hydrogen-bond donors (Lipinski definition) is 0. The Morgan fingerprint density at radius 3 is 2.65 bits per heavy atom. The minimum atomic E-state index is -0.319. The van der Waals surface area contributed by atoms with Crippen LogP contribution in [0.15, 0.2) is 42.5 Å². The van der Waals surface area contributed by atoms with E-state index in [0.29, 0.717) is 17.9 Å². The average molecular weight is 290 g/mol. The quantitative estimate of drug-likeness (QED) is 0.579. The second-order valence-corrected chi connectivity index (χ2v) is 6.82. The summed E-state index contributed by atoms with van der Waals surface area (Å²) in [4.78, 5) is 2.37. The summed E-state index contributed by atoms with van der Waals surface area (Å²) in [7, 11) is 2.16. The first-order valence-electron chi connectivity index (χ1n) is 7.42. The third-order valence-corrected chi connectivity index (χ3v) is 6.10. The Bertz CT molecular complexity index is 545. The van der Waals surface area contributed by atoms with Crippen molar-refractivity contribution in [3.05, 3.63) is 48.0 Å². The van der Waals surface area contributed by atoms with Crippen LogP contribution in [0, 0.1) is 11.8 Å². The summed E-state index contributed by atoms with van der Waals surface area (Å²) in [5.41, 5.74) is 0.931. The first kappa shape index (κ1) is 12.9. The highest BCUT2D eigenvalue weighted by Gasteiger charge is 2.64. The van der Waals surface area contributed by atoms with Gasteiger partial charge < -0.3 is 4.74 Å². The summed E-state index contributed by atoms with van der Waals surface area (Å²) in [6.45, 7) is 2.24. The fourth-order valence-corrected chi connectivity index (χ4v) is 4.82. The van der Waals surface area contributed by atoms with Crippen molar-refractivity contribution in [2.45, 2.75) is 36.6 Å². The topological polar surface area (TPSA) is 12.5 Å². The van der Waals surface area contributed by atoms with Crippen LogP contribution in [-0.4, -0.2) is 29.1 Å². The SMILES string of the molecule is C[C@H]1[C@@H](c2ccccc2)O[C@@]2([C@H](Cl)[C@@H]3C=C[C@H]2C3)N1C. The third-order valence-electron chi connectivity index (χ3n) is 5.46. The molecular weight excluding hydrogens is 270 g/mol. The smallest absolute Gasteiger partial charge is 0.146 e.